The molecule has 94 valence electrons. The highest BCUT2D eigenvalue weighted by atomic mass is 15.3. The fraction of sp³-hybridized carbons (Fsp3) is 1.00. The van der Waals surface area contributed by atoms with E-state index in [9.17, 15) is 0 Å². The van der Waals surface area contributed by atoms with Gasteiger partial charge in [0.15, 0.2) is 0 Å². The molecule has 1 N–H and O–H groups in total. The summed E-state index contributed by atoms with van der Waals surface area (Å²) >= 11 is 0. The Labute approximate surface area is 100 Å². The van der Waals surface area contributed by atoms with E-state index in [1.807, 2.05) is 0 Å². The van der Waals surface area contributed by atoms with Crippen molar-refractivity contribution in [2.45, 2.75) is 45.2 Å². The molecule has 0 aromatic rings. The molecule has 2 fully saturated rings. The summed E-state index contributed by atoms with van der Waals surface area (Å²) in [6.07, 6.45) is 4.12. The second kappa shape index (κ2) is 5.99. The highest BCUT2D eigenvalue weighted by Crippen LogP contribution is 2.11. The van der Waals surface area contributed by atoms with Crippen LogP contribution in [-0.2, 0) is 0 Å². The second-order valence-electron chi connectivity index (χ2n) is 5.55. The topological polar surface area (TPSA) is 18.5 Å². The van der Waals surface area contributed by atoms with Gasteiger partial charge in [0.25, 0.3) is 0 Å². The first-order valence-electron chi connectivity index (χ1n) is 6.95. The molecule has 3 heteroatoms. The van der Waals surface area contributed by atoms with E-state index in [1.165, 1.54) is 58.5 Å². The van der Waals surface area contributed by atoms with Gasteiger partial charge in [0.05, 0.1) is 0 Å². The van der Waals surface area contributed by atoms with Crippen molar-refractivity contribution in [3.63, 3.8) is 0 Å². The fourth-order valence-corrected chi connectivity index (χ4v) is 2.84. The molecule has 2 heterocycles. The molecule has 16 heavy (non-hydrogen) atoms. The SMILES string of the molecule is CC(C)N1CCN(CCC2CCCN2)CC1. The summed E-state index contributed by atoms with van der Waals surface area (Å²) in [4.78, 5) is 5.23. The summed E-state index contributed by atoms with van der Waals surface area (Å²) in [7, 11) is 0. The Morgan fingerprint density at radius 2 is 1.94 bits per heavy atom. The zero-order chi connectivity index (χ0) is 11.4. The molecule has 2 saturated heterocycles. The monoisotopic (exact) mass is 225 g/mol. The average Bonchev–Trinajstić information content (AvgIpc) is 2.80. The van der Waals surface area contributed by atoms with Crippen LogP contribution in [0.25, 0.3) is 0 Å². The molecule has 0 aromatic carbocycles. The number of piperazine rings is 1. The summed E-state index contributed by atoms with van der Waals surface area (Å²) in [6, 6.07) is 1.53. The smallest absolute Gasteiger partial charge is 0.0113 e. The largest absolute Gasteiger partial charge is 0.314 e. The summed E-state index contributed by atoms with van der Waals surface area (Å²) in [5.74, 6) is 0. The molecule has 2 aliphatic rings. The third kappa shape index (κ3) is 3.44. The molecule has 0 aromatic heterocycles. The Kier molecular flexibility index (Phi) is 4.62. The fourth-order valence-electron chi connectivity index (χ4n) is 2.84. The van der Waals surface area contributed by atoms with Crippen LogP contribution in [0.15, 0.2) is 0 Å². The van der Waals surface area contributed by atoms with E-state index < -0.39 is 0 Å². The van der Waals surface area contributed by atoms with Crippen LogP contribution in [0, 0.1) is 0 Å². The minimum absolute atomic E-state index is 0.721. The first kappa shape index (κ1) is 12.3. The Hall–Kier alpha value is -0.120. The number of hydrogen-bond donors (Lipinski definition) is 1. The van der Waals surface area contributed by atoms with Crippen LogP contribution in [0.3, 0.4) is 0 Å². The molecule has 0 radical (unpaired) electrons. The first-order chi connectivity index (χ1) is 7.75. The van der Waals surface area contributed by atoms with Crippen LogP contribution in [-0.4, -0.2) is 61.2 Å². The van der Waals surface area contributed by atoms with Crippen LogP contribution < -0.4 is 5.32 Å². The average molecular weight is 225 g/mol. The molecular formula is C13H27N3. The van der Waals surface area contributed by atoms with Crippen LogP contribution in [0.1, 0.15) is 33.1 Å². The van der Waals surface area contributed by atoms with Gasteiger partial charge in [-0.2, -0.15) is 0 Å². The molecule has 0 aliphatic carbocycles. The molecular weight excluding hydrogens is 198 g/mol. The lowest BCUT2D eigenvalue weighted by atomic mass is 10.1. The zero-order valence-corrected chi connectivity index (χ0v) is 10.9. The third-order valence-corrected chi connectivity index (χ3v) is 4.09. The highest BCUT2D eigenvalue weighted by Gasteiger charge is 2.20. The van der Waals surface area contributed by atoms with E-state index in [-0.39, 0.29) is 0 Å². The molecule has 1 atom stereocenters. The Morgan fingerprint density at radius 1 is 1.19 bits per heavy atom. The van der Waals surface area contributed by atoms with Gasteiger partial charge in [-0.15, -0.1) is 0 Å². The quantitative estimate of drug-likeness (QED) is 0.774. The van der Waals surface area contributed by atoms with Gasteiger partial charge in [0, 0.05) is 38.3 Å². The van der Waals surface area contributed by atoms with Crippen molar-refractivity contribution in [1.82, 2.24) is 15.1 Å². The Balaban J connectivity index is 1.61. The minimum Gasteiger partial charge on any atom is -0.314 e. The van der Waals surface area contributed by atoms with Crippen LogP contribution in [0.2, 0.25) is 0 Å². The van der Waals surface area contributed by atoms with Crippen LogP contribution in [0.5, 0.6) is 0 Å². The standard InChI is InChI=1S/C13H27N3/c1-12(2)16-10-8-15(9-11-16)7-5-13-4-3-6-14-13/h12-14H,3-11H2,1-2H3. The van der Waals surface area contributed by atoms with Gasteiger partial charge in [-0.3, -0.25) is 4.90 Å². The molecule has 0 spiro atoms. The third-order valence-electron chi connectivity index (χ3n) is 4.09. The first-order valence-corrected chi connectivity index (χ1v) is 6.95. The lowest BCUT2D eigenvalue weighted by Gasteiger charge is -2.37. The van der Waals surface area contributed by atoms with E-state index >= 15 is 0 Å². The maximum Gasteiger partial charge on any atom is 0.0113 e. The van der Waals surface area contributed by atoms with Gasteiger partial charge < -0.3 is 10.2 Å². The van der Waals surface area contributed by atoms with Gasteiger partial charge in [0.1, 0.15) is 0 Å². The normalized spacial score (nSPS) is 29.1. The van der Waals surface area contributed by atoms with E-state index in [2.05, 4.69) is 29.0 Å². The molecule has 0 bridgehead atoms. The Bertz CT molecular complexity index is 191. The lowest BCUT2D eigenvalue weighted by molar-refractivity contribution is 0.106. The lowest BCUT2D eigenvalue weighted by Crippen LogP contribution is -2.49. The predicted octanol–water partition coefficient (Wildman–Crippen LogP) is 1.15. The van der Waals surface area contributed by atoms with Crippen LogP contribution in [0.4, 0.5) is 0 Å². The molecule has 0 amide bonds. The highest BCUT2D eigenvalue weighted by molar-refractivity contribution is 4.78. The predicted molar refractivity (Wildman–Crippen MR) is 68.8 cm³/mol. The molecule has 2 aliphatic heterocycles. The molecule has 0 saturated carbocycles. The van der Waals surface area contributed by atoms with Crippen LogP contribution >= 0.6 is 0 Å². The van der Waals surface area contributed by atoms with Crippen molar-refractivity contribution in [1.29, 1.82) is 0 Å². The van der Waals surface area contributed by atoms with E-state index in [0.29, 0.717) is 0 Å². The summed E-state index contributed by atoms with van der Waals surface area (Å²) in [6.45, 7) is 12.2. The second-order valence-corrected chi connectivity index (χ2v) is 5.55. The summed E-state index contributed by atoms with van der Waals surface area (Å²) in [5.41, 5.74) is 0. The van der Waals surface area contributed by atoms with Gasteiger partial charge in [-0.25, -0.2) is 0 Å². The molecule has 3 nitrogen and oxygen atoms in total. The van der Waals surface area contributed by atoms with Crippen molar-refractivity contribution < 1.29 is 0 Å². The Morgan fingerprint density at radius 3 is 2.50 bits per heavy atom. The van der Waals surface area contributed by atoms with Crippen molar-refractivity contribution in [3.8, 4) is 0 Å². The number of nitrogens with one attached hydrogen (secondary N) is 1. The van der Waals surface area contributed by atoms with Crippen molar-refractivity contribution in [2.24, 2.45) is 0 Å². The van der Waals surface area contributed by atoms with Gasteiger partial charge in [-0.1, -0.05) is 0 Å². The van der Waals surface area contributed by atoms with E-state index in [4.69, 9.17) is 0 Å². The van der Waals surface area contributed by atoms with Crippen molar-refractivity contribution >= 4 is 0 Å². The van der Waals surface area contributed by atoms with Crippen molar-refractivity contribution in [3.05, 3.63) is 0 Å². The number of rotatable bonds is 4. The van der Waals surface area contributed by atoms with Gasteiger partial charge in [-0.05, 0) is 46.2 Å². The van der Waals surface area contributed by atoms with Crippen molar-refractivity contribution in [2.75, 3.05) is 39.3 Å². The molecule has 1 unspecified atom stereocenters. The van der Waals surface area contributed by atoms with E-state index in [0.717, 1.165) is 12.1 Å². The maximum atomic E-state index is 3.59. The summed E-state index contributed by atoms with van der Waals surface area (Å²) < 4.78 is 0. The van der Waals surface area contributed by atoms with Gasteiger partial charge >= 0.3 is 0 Å². The zero-order valence-electron chi connectivity index (χ0n) is 10.9. The minimum atomic E-state index is 0.721. The maximum absolute atomic E-state index is 3.59. The number of hydrogen-bond acceptors (Lipinski definition) is 3. The summed E-state index contributed by atoms with van der Waals surface area (Å²) in [5, 5.41) is 3.59. The molecule has 2 rings (SSSR count). The van der Waals surface area contributed by atoms with Gasteiger partial charge in [0.2, 0.25) is 0 Å². The number of nitrogens with zero attached hydrogens (tertiary/aromatic N) is 2. The van der Waals surface area contributed by atoms with E-state index in [1.54, 1.807) is 0 Å².